The first-order valence-corrected chi connectivity index (χ1v) is 6.48. The Kier molecular flexibility index (Phi) is 5.76. The monoisotopic (exact) mass is 265 g/mol. The van der Waals surface area contributed by atoms with Crippen LogP contribution >= 0.6 is 0 Å². The molecule has 1 rings (SSSR count). The smallest absolute Gasteiger partial charge is 0.407 e. The van der Waals surface area contributed by atoms with Gasteiger partial charge < -0.3 is 15.4 Å². The molecule has 0 aliphatic rings. The summed E-state index contributed by atoms with van der Waals surface area (Å²) in [5.74, 6) is 0. The van der Waals surface area contributed by atoms with E-state index >= 15 is 0 Å². The van der Waals surface area contributed by atoms with E-state index in [9.17, 15) is 4.79 Å². The number of carbonyl (C=O) groups is 1. The van der Waals surface area contributed by atoms with Gasteiger partial charge in [0, 0.05) is 31.5 Å². The predicted molar refractivity (Wildman–Crippen MR) is 74.9 cm³/mol. The predicted octanol–water partition coefficient (Wildman–Crippen LogP) is 2.26. The summed E-state index contributed by atoms with van der Waals surface area (Å²) in [6.07, 6.45) is 3.16. The topological polar surface area (TPSA) is 63.2 Å². The largest absolute Gasteiger partial charge is 0.444 e. The lowest BCUT2D eigenvalue weighted by Gasteiger charge is -2.20. The molecule has 0 aromatic carbocycles. The van der Waals surface area contributed by atoms with E-state index in [4.69, 9.17) is 4.74 Å². The average Bonchev–Trinajstić information content (AvgIpc) is 2.33. The van der Waals surface area contributed by atoms with Gasteiger partial charge in [0.25, 0.3) is 0 Å². The highest BCUT2D eigenvalue weighted by molar-refractivity contribution is 5.67. The zero-order chi connectivity index (χ0) is 14.3. The van der Waals surface area contributed by atoms with Crippen molar-refractivity contribution in [3.8, 4) is 0 Å². The highest BCUT2D eigenvalue weighted by Crippen LogP contribution is 2.09. The number of ether oxygens (including phenoxy) is 1. The molecule has 19 heavy (non-hydrogen) atoms. The van der Waals surface area contributed by atoms with Gasteiger partial charge in [-0.05, 0) is 45.4 Å². The second kappa shape index (κ2) is 7.09. The van der Waals surface area contributed by atoms with Gasteiger partial charge in [0.1, 0.15) is 5.60 Å². The quantitative estimate of drug-likeness (QED) is 0.802. The van der Waals surface area contributed by atoms with E-state index in [-0.39, 0.29) is 12.1 Å². The highest BCUT2D eigenvalue weighted by atomic mass is 16.6. The standard InChI is InChI=1S/C14H23N3O2/c1-11(12-5-7-15-8-6-12)16-9-10-17-13(18)19-14(2,3)4/h5-8,11,16H,9-10H2,1-4H3,(H,17,18). The van der Waals surface area contributed by atoms with Crippen molar-refractivity contribution in [1.29, 1.82) is 0 Å². The number of nitrogens with one attached hydrogen (secondary N) is 2. The number of nitrogens with zero attached hydrogens (tertiary/aromatic N) is 1. The number of hydrogen-bond acceptors (Lipinski definition) is 4. The van der Waals surface area contributed by atoms with E-state index in [2.05, 4.69) is 22.5 Å². The lowest BCUT2D eigenvalue weighted by atomic mass is 10.1. The van der Waals surface area contributed by atoms with Crippen LogP contribution < -0.4 is 10.6 Å². The highest BCUT2D eigenvalue weighted by Gasteiger charge is 2.15. The van der Waals surface area contributed by atoms with Crippen LogP contribution in [-0.4, -0.2) is 29.8 Å². The minimum atomic E-state index is -0.457. The maximum atomic E-state index is 11.4. The first-order chi connectivity index (χ1) is 8.88. The molecule has 0 fully saturated rings. The molecule has 5 heteroatoms. The second-order valence-corrected chi connectivity index (χ2v) is 5.39. The lowest BCUT2D eigenvalue weighted by molar-refractivity contribution is 0.0528. The molecule has 0 bridgehead atoms. The Bertz CT molecular complexity index is 387. The van der Waals surface area contributed by atoms with Crippen molar-refractivity contribution in [3.05, 3.63) is 30.1 Å². The molecular formula is C14H23N3O2. The molecule has 106 valence electrons. The Morgan fingerprint density at radius 2 is 1.95 bits per heavy atom. The summed E-state index contributed by atoms with van der Waals surface area (Å²) in [6.45, 7) is 8.82. The Labute approximate surface area is 114 Å². The van der Waals surface area contributed by atoms with Crippen molar-refractivity contribution in [2.75, 3.05) is 13.1 Å². The van der Waals surface area contributed by atoms with Gasteiger partial charge in [-0.25, -0.2) is 4.79 Å². The van der Waals surface area contributed by atoms with E-state index in [0.29, 0.717) is 13.1 Å². The molecule has 0 aliphatic carbocycles. The zero-order valence-electron chi connectivity index (χ0n) is 12.1. The van der Waals surface area contributed by atoms with Gasteiger partial charge in [-0.3, -0.25) is 4.98 Å². The Morgan fingerprint density at radius 1 is 1.32 bits per heavy atom. The number of aromatic nitrogens is 1. The molecule has 5 nitrogen and oxygen atoms in total. The molecule has 1 aromatic rings. The molecule has 2 N–H and O–H groups in total. The van der Waals surface area contributed by atoms with Gasteiger partial charge in [0.15, 0.2) is 0 Å². The van der Waals surface area contributed by atoms with Crippen molar-refractivity contribution in [2.45, 2.75) is 39.3 Å². The molecule has 1 heterocycles. The molecular weight excluding hydrogens is 242 g/mol. The summed E-state index contributed by atoms with van der Waals surface area (Å²) in [4.78, 5) is 15.4. The van der Waals surface area contributed by atoms with E-state index in [1.54, 1.807) is 12.4 Å². The molecule has 1 aromatic heterocycles. The van der Waals surface area contributed by atoms with Gasteiger partial charge >= 0.3 is 6.09 Å². The number of hydrogen-bond donors (Lipinski definition) is 2. The van der Waals surface area contributed by atoms with E-state index in [1.165, 1.54) is 5.56 Å². The van der Waals surface area contributed by atoms with Crippen LogP contribution in [0.15, 0.2) is 24.5 Å². The first kappa shape index (κ1) is 15.4. The summed E-state index contributed by atoms with van der Waals surface area (Å²) in [7, 11) is 0. The van der Waals surface area contributed by atoms with Crippen LogP contribution in [0.25, 0.3) is 0 Å². The fraction of sp³-hybridized carbons (Fsp3) is 0.571. The third kappa shape index (κ3) is 6.76. The molecule has 0 saturated heterocycles. The SMILES string of the molecule is CC(NCCNC(=O)OC(C)(C)C)c1ccncc1. The normalized spacial score (nSPS) is 12.8. The number of amides is 1. The molecule has 0 spiro atoms. The van der Waals surface area contributed by atoms with Crippen LogP contribution in [0.1, 0.15) is 39.3 Å². The van der Waals surface area contributed by atoms with Gasteiger partial charge in [-0.1, -0.05) is 0 Å². The number of pyridine rings is 1. The number of alkyl carbamates (subject to hydrolysis) is 1. The molecule has 1 amide bonds. The third-order valence-corrected chi connectivity index (χ3v) is 2.45. The maximum Gasteiger partial charge on any atom is 0.407 e. The third-order valence-electron chi connectivity index (χ3n) is 2.45. The Balaban J connectivity index is 2.19. The van der Waals surface area contributed by atoms with Crippen LogP contribution in [0.5, 0.6) is 0 Å². The van der Waals surface area contributed by atoms with Gasteiger partial charge in [-0.15, -0.1) is 0 Å². The Hall–Kier alpha value is -1.62. The summed E-state index contributed by atoms with van der Waals surface area (Å²) in [5, 5.41) is 6.03. The summed E-state index contributed by atoms with van der Waals surface area (Å²) in [6, 6.07) is 4.17. The van der Waals surface area contributed by atoms with Gasteiger partial charge in [0.05, 0.1) is 0 Å². The van der Waals surface area contributed by atoms with Crippen molar-refractivity contribution in [1.82, 2.24) is 15.6 Å². The summed E-state index contributed by atoms with van der Waals surface area (Å²) >= 11 is 0. The minimum Gasteiger partial charge on any atom is -0.444 e. The van der Waals surface area contributed by atoms with Crippen LogP contribution in [0.4, 0.5) is 4.79 Å². The van der Waals surface area contributed by atoms with E-state index < -0.39 is 5.60 Å². The van der Waals surface area contributed by atoms with Crippen molar-refractivity contribution < 1.29 is 9.53 Å². The van der Waals surface area contributed by atoms with Gasteiger partial charge in [0.2, 0.25) is 0 Å². The minimum absolute atomic E-state index is 0.225. The van der Waals surface area contributed by atoms with E-state index in [0.717, 1.165) is 0 Å². The van der Waals surface area contributed by atoms with E-state index in [1.807, 2.05) is 32.9 Å². The molecule has 0 aliphatic heterocycles. The maximum absolute atomic E-state index is 11.4. The fourth-order valence-corrected chi connectivity index (χ4v) is 1.54. The van der Waals surface area contributed by atoms with Crippen LogP contribution in [-0.2, 0) is 4.74 Å². The first-order valence-electron chi connectivity index (χ1n) is 6.48. The van der Waals surface area contributed by atoms with Crippen LogP contribution in [0.2, 0.25) is 0 Å². The molecule has 1 atom stereocenters. The Morgan fingerprint density at radius 3 is 2.53 bits per heavy atom. The van der Waals surface area contributed by atoms with Crippen LogP contribution in [0.3, 0.4) is 0 Å². The fourth-order valence-electron chi connectivity index (χ4n) is 1.54. The zero-order valence-corrected chi connectivity index (χ0v) is 12.1. The second-order valence-electron chi connectivity index (χ2n) is 5.39. The van der Waals surface area contributed by atoms with Crippen LogP contribution in [0, 0.1) is 0 Å². The molecule has 1 unspecified atom stereocenters. The van der Waals surface area contributed by atoms with Crippen molar-refractivity contribution >= 4 is 6.09 Å². The van der Waals surface area contributed by atoms with Gasteiger partial charge in [-0.2, -0.15) is 0 Å². The molecule has 0 radical (unpaired) electrons. The van der Waals surface area contributed by atoms with Crippen molar-refractivity contribution in [3.63, 3.8) is 0 Å². The number of carbonyl (C=O) groups excluding carboxylic acids is 1. The lowest BCUT2D eigenvalue weighted by Crippen LogP contribution is -2.36. The number of rotatable bonds is 5. The summed E-state index contributed by atoms with van der Waals surface area (Å²) < 4.78 is 5.14. The molecule has 0 saturated carbocycles. The summed E-state index contributed by atoms with van der Waals surface area (Å²) in [5.41, 5.74) is 0.717. The van der Waals surface area contributed by atoms with Crippen molar-refractivity contribution in [2.24, 2.45) is 0 Å². The average molecular weight is 265 g/mol.